The number of ether oxygens (including phenoxy) is 1. The monoisotopic (exact) mass is 412 g/mol. The lowest BCUT2D eigenvalue weighted by atomic mass is 10.1. The number of esters is 1. The Morgan fingerprint density at radius 3 is 2.48 bits per heavy atom. The zero-order chi connectivity index (χ0) is 21.9. The number of para-hydroxylation sites is 1. The third-order valence-corrected chi connectivity index (χ3v) is 3.89. The van der Waals surface area contributed by atoms with Crippen LogP contribution < -0.4 is 5.32 Å². The van der Waals surface area contributed by atoms with E-state index < -0.39 is 46.0 Å². The quantitative estimate of drug-likeness (QED) is 0.438. The van der Waals surface area contributed by atoms with Crippen LogP contribution in [0.15, 0.2) is 36.4 Å². The van der Waals surface area contributed by atoms with Crippen LogP contribution >= 0.6 is 0 Å². The third kappa shape index (κ3) is 5.00. The largest absolute Gasteiger partial charge is 0.507 e. The van der Waals surface area contributed by atoms with E-state index in [1.807, 2.05) is 5.32 Å². The Morgan fingerprint density at radius 1 is 1.24 bits per heavy atom. The molecule has 0 radical (unpaired) electrons. The number of carbonyl (C=O) groups excluding carboxylic acids is 2. The van der Waals surface area contributed by atoms with Crippen molar-refractivity contribution >= 4 is 23.3 Å². The molecule has 0 aliphatic carbocycles. The molecule has 0 bridgehead atoms. The van der Waals surface area contributed by atoms with Gasteiger partial charge in [0.1, 0.15) is 11.3 Å². The van der Waals surface area contributed by atoms with Crippen molar-refractivity contribution in [2.45, 2.75) is 26.1 Å². The number of aromatic hydroxyl groups is 1. The topological polar surface area (TPSA) is 119 Å². The van der Waals surface area contributed by atoms with Crippen molar-refractivity contribution in [1.82, 2.24) is 0 Å². The number of nitro groups is 1. The first-order chi connectivity index (χ1) is 13.4. The van der Waals surface area contributed by atoms with Crippen LogP contribution in [0.5, 0.6) is 5.75 Å². The van der Waals surface area contributed by atoms with Crippen LogP contribution in [0.4, 0.5) is 24.5 Å². The molecule has 0 aliphatic heterocycles. The summed E-state index contributed by atoms with van der Waals surface area (Å²) in [5.74, 6) is -2.49. The zero-order valence-corrected chi connectivity index (χ0v) is 15.1. The summed E-state index contributed by atoms with van der Waals surface area (Å²) >= 11 is 0. The Hall–Kier alpha value is -3.63. The van der Waals surface area contributed by atoms with Crippen molar-refractivity contribution in [1.29, 1.82) is 0 Å². The molecule has 0 aliphatic rings. The van der Waals surface area contributed by atoms with E-state index in [-0.39, 0.29) is 17.4 Å². The van der Waals surface area contributed by atoms with Crippen LogP contribution in [0.1, 0.15) is 28.4 Å². The summed E-state index contributed by atoms with van der Waals surface area (Å²) in [5, 5.41) is 22.5. The van der Waals surface area contributed by atoms with Gasteiger partial charge in [-0.05, 0) is 31.5 Å². The number of anilines is 1. The lowest BCUT2D eigenvalue weighted by Crippen LogP contribution is -2.30. The van der Waals surface area contributed by atoms with Crippen molar-refractivity contribution in [3.05, 3.63) is 63.2 Å². The second-order valence-corrected chi connectivity index (χ2v) is 5.99. The van der Waals surface area contributed by atoms with E-state index in [1.54, 1.807) is 0 Å². The van der Waals surface area contributed by atoms with Crippen molar-refractivity contribution in [2.24, 2.45) is 0 Å². The minimum Gasteiger partial charge on any atom is -0.507 e. The fraction of sp³-hybridized carbons (Fsp3) is 0.222. The second kappa shape index (κ2) is 8.17. The number of nitrogens with one attached hydrogen (secondary N) is 1. The first-order valence-corrected chi connectivity index (χ1v) is 8.08. The molecule has 0 spiro atoms. The lowest BCUT2D eigenvalue weighted by Gasteiger charge is -2.17. The molecule has 1 atom stereocenters. The molecule has 29 heavy (non-hydrogen) atoms. The highest BCUT2D eigenvalue weighted by molar-refractivity contribution is 5.99. The van der Waals surface area contributed by atoms with E-state index in [1.165, 1.54) is 25.1 Å². The normalized spacial score (nSPS) is 12.2. The number of carbonyl (C=O) groups is 2. The second-order valence-electron chi connectivity index (χ2n) is 5.99. The van der Waals surface area contributed by atoms with E-state index in [9.17, 15) is 38.0 Å². The lowest BCUT2D eigenvalue weighted by molar-refractivity contribution is -0.385. The minimum atomic E-state index is -4.97. The van der Waals surface area contributed by atoms with Gasteiger partial charge in [-0.25, -0.2) is 4.79 Å². The average Bonchev–Trinajstić information content (AvgIpc) is 2.62. The molecule has 2 rings (SSSR count). The Bertz CT molecular complexity index is 975. The molecule has 0 heterocycles. The first kappa shape index (κ1) is 21.7. The number of phenols is 1. The van der Waals surface area contributed by atoms with Crippen LogP contribution in [0.3, 0.4) is 0 Å². The molecule has 11 heteroatoms. The Kier molecular flexibility index (Phi) is 6.10. The number of alkyl halides is 3. The van der Waals surface area contributed by atoms with Crippen LogP contribution in [0, 0.1) is 17.0 Å². The van der Waals surface area contributed by atoms with Gasteiger partial charge >= 0.3 is 12.1 Å². The molecule has 154 valence electrons. The average molecular weight is 412 g/mol. The maximum absolute atomic E-state index is 13.2. The highest BCUT2D eigenvalue weighted by atomic mass is 19.4. The summed E-state index contributed by atoms with van der Waals surface area (Å²) in [6.07, 6.45) is -6.49. The Balaban J connectivity index is 2.20. The van der Waals surface area contributed by atoms with Crippen LogP contribution in [-0.2, 0) is 15.7 Å². The fourth-order valence-electron chi connectivity index (χ4n) is 2.32. The van der Waals surface area contributed by atoms with Gasteiger partial charge in [-0.2, -0.15) is 13.2 Å². The number of halogens is 3. The van der Waals surface area contributed by atoms with Gasteiger partial charge in [-0.1, -0.05) is 12.1 Å². The first-order valence-electron chi connectivity index (χ1n) is 8.08. The Morgan fingerprint density at radius 2 is 1.90 bits per heavy atom. The number of nitrogens with zero attached hydrogens (tertiary/aromatic N) is 1. The van der Waals surface area contributed by atoms with Crippen molar-refractivity contribution in [2.75, 3.05) is 5.32 Å². The summed E-state index contributed by atoms with van der Waals surface area (Å²) in [5.41, 5.74) is -2.78. The molecule has 8 nitrogen and oxygen atoms in total. The van der Waals surface area contributed by atoms with E-state index in [0.717, 1.165) is 19.1 Å². The van der Waals surface area contributed by atoms with Gasteiger partial charge in [0.15, 0.2) is 6.10 Å². The van der Waals surface area contributed by atoms with Gasteiger partial charge in [-0.3, -0.25) is 14.9 Å². The Labute approximate surface area is 162 Å². The maximum atomic E-state index is 13.2. The van der Waals surface area contributed by atoms with Crippen molar-refractivity contribution in [3.63, 3.8) is 0 Å². The van der Waals surface area contributed by atoms with E-state index in [0.29, 0.717) is 5.56 Å². The SMILES string of the molecule is Cc1cccc(C(=O)OC(C)C(=O)Nc2ccc([N+](=O)[O-])cc2C(F)(F)F)c1O. The number of phenolic OH excluding ortho intramolecular Hbond substituents is 1. The molecule has 0 aromatic heterocycles. The highest BCUT2D eigenvalue weighted by Crippen LogP contribution is 2.37. The number of rotatable bonds is 5. The van der Waals surface area contributed by atoms with E-state index >= 15 is 0 Å². The summed E-state index contributed by atoms with van der Waals surface area (Å²) in [6, 6.07) is 6.09. The van der Waals surface area contributed by atoms with Gasteiger partial charge in [0.2, 0.25) is 0 Å². The van der Waals surface area contributed by atoms with Crippen molar-refractivity contribution in [3.8, 4) is 5.75 Å². The molecule has 0 saturated carbocycles. The third-order valence-electron chi connectivity index (χ3n) is 3.89. The zero-order valence-electron chi connectivity index (χ0n) is 15.1. The molecule has 0 saturated heterocycles. The number of nitro benzene ring substituents is 1. The summed E-state index contributed by atoms with van der Waals surface area (Å²) in [7, 11) is 0. The van der Waals surface area contributed by atoms with Gasteiger partial charge < -0.3 is 15.2 Å². The van der Waals surface area contributed by atoms with Gasteiger partial charge in [0, 0.05) is 12.1 Å². The number of hydrogen-bond donors (Lipinski definition) is 2. The van der Waals surface area contributed by atoms with E-state index in [2.05, 4.69) is 0 Å². The predicted octanol–water partition coefficient (Wildman–Crippen LogP) is 3.81. The maximum Gasteiger partial charge on any atom is 0.418 e. The van der Waals surface area contributed by atoms with Gasteiger partial charge in [-0.15, -0.1) is 0 Å². The van der Waals surface area contributed by atoms with Crippen LogP contribution in [0.25, 0.3) is 0 Å². The molecule has 2 aromatic rings. The smallest absolute Gasteiger partial charge is 0.418 e. The summed E-state index contributed by atoms with van der Waals surface area (Å²) < 4.78 is 44.4. The van der Waals surface area contributed by atoms with Crippen LogP contribution in [-0.4, -0.2) is 28.0 Å². The van der Waals surface area contributed by atoms with Gasteiger partial charge in [0.05, 0.1) is 16.2 Å². The number of aryl methyl sites for hydroxylation is 1. The summed E-state index contributed by atoms with van der Waals surface area (Å²) in [6.45, 7) is 2.66. The van der Waals surface area contributed by atoms with E-state index in [4.69, 9.17) is 4.74 Å². The molecular weight excluding hydrogens is 397 g/mol. The molecule has 0 fully saturated rings. The number of hydrogen-bond acceptors (Lipinski definition) is 6. The molecule has 2 aromatic carbocycles. The summed E-state index contributed by atoms with van der Waals surface area (Å²) in [4.78, 5) is 34.0. The molecular formula is C18H15F3N2O6. The number of amides is 1. The molecule has 1 unspecified atom stereocenters. The fourth-order valence-corrected chi connectivity index (χ4v) is 2.32. The van der Waals surface area contributed by atoms with Crippen molar-refractivity contribution < 1.29 is 37.5 Å². The number of non-ortho nitro benzene ring substituents is 1. The minimum absolute atomic E-state index is 0.212. The highest BCUT2D eigenvalue weighted by Gasteiger charge is 2.36. The number of benzene rings is 2. The standard InChI is InChI=1S/C18H15F3N2O6/c1-9-4-3-5-12(15(9)24)17(26)29-10(2)16(25)22-14-7-6-11(23(27)28)8-13(14)18(19,20)21/h3-8,10,24H,1-2H3,(H,22,25). The predicted molar refractivity (Wildman–Crippen MR) is 94.4 cm³/mol. The molecule has 2 N–H and O–H groups in total. The van der Waals surface area contributed by atoms with Crippen LogP contribution in [0.2, 0.25) is 0 Å². The van der Waals surface area contributed by atoms with Gasteiger partial charge in [0.25, 0.3) is 11.6 Å². The molecule has 1 amide bonds.